The van der Waals surface area contributed by atoms with Crippen molar-refractivity contribution < 1.29 is 4.79 Å². The summed E-state index contributed by atoms with van der Waals surface area (Å²) in [7, 11) is 0. The smallest absolute Gasteiger partial charge is 0.220 e. The third-order valence-corrected chi connectivity index (χ3v) is 5.42. The van der Waals surface area contributed by atoms with E-state index in [0.29, 0.717) is 6.42 Å². The van der Waals surface area contributed by atoms with Crippen molar-refractivity contribution in [3.8, 4) is 0 Å². The molecule has 0 spiro atoms. The van der Waals surface area contributed by atoms with Gasteiger partial charge in [0.15, 0.2) is 0 Å². The highest BCUT2D eigenvalue weighted by atomic mass is 35.5. The molecule has 0 bridgehead atoms. The van der Waals surface area contributed by atoms with Gasteiger partial charge < -0.3 is 10.6 Å². The number of benzene rings is 1. The van der Waals surface area contributed by atoms with Gasteiger partial charge in [-0.1, -0.05) is 24.3 Å². The number of fused-ring (bicyclic) bond motifs is 1. The van der Waals surface area contributed by atoms with Gasteiger partial charge in [-0.2, -0.15) is 0 Å². The van der Waals surface area contributed by atoms with E-state index in [1.54, 1.807) is 0 Å². The Balaban J connectivity index is 0.00000169. The number of halogens is 2. The SMILES string of the molecule is Cl.Cl.O=C(CCC1CCNCC1)NCCCN1CCc2ccccc2C1. The van der Waals surface area contributed by atoms with Crippen molar-refractivity contribution in [1.82, 2.24) is 15.5 Å². The molecular formula is C20H33Cl2N3O. The molecule has 0 radical (unpaired) electrons. The van der Waals surface area contributed by atoms with Gasteiger partial charge in [0.05, 0.1) is 0 Å². The molecule has 4 nitrogen and oxygen atoms in total. The van der Waals surface area contributed by atoms with E-state index in [-0.39, 0.29) is 30.7 Å². The number of carbonyl (C=O) groups is 1. The predicted octanol–water partition coefficient (Wildman–Crippen LogP) is 3.17. The van der Waals surface area contributed by atoms with Gasteiger partial charge in [0.25, 0.3) is 0 Å². The summed E-state index contributed by atoms with van der Waals surface area (Å²) in [5, 5.41) is 6.48. The average molecular weight is 402 g/mol. The average Bonchev–Trinajstić information content (AvgIpc) is 2.64. The predicted molar refractivity (Wildman–Crippen MR) is 112 cm³/mol. The summed E-state index contributed by atoms with van der Waals surface area (Å²) in [5.41, 5.74) is 2.97. The Morgan fingerprint density at radius 1 is 1.15 bits per heavy atom. The zero-order chi connectivity index (χ0) is 16.6. The lowest BCUT2D eigenvalue weighted by Gasteiger charge is -2.28. The van der Waals surface area contributed by atoms with Gasteiger partial charge in [-0.15, -0.1) is 24.8 Å². The third kappa shape index (κ3) is 7.43. The molecule has 1 aromatic carbocycles. The molecule has 0 atom stereocenters. The molecule has 6 heteroatoms. The molecular weight excluding hydrogens is 369 g/mol. The molecule has 1 fully saturated rings. The summed E-state index contributed by atoms with van der Waals surface area (Å²) in [6, 6.07) is 8.75. The van der Waals surface area contributed by atoms with Crippen LogP contribution in [0.1, 0.15) is 43.2 Å². The van der Waals surface area contributed by atoms with Crippen LogP contribution in [0.2, 0.25) is 0 Å². The normalized spacial score (nSPS) is 17.5. The quantitative estimate of drug-likeness (QED) is 0.689. The fourth-order valence-electron chi connectivity index (χ4n) is 3.87. The Labute approximate surface area is 170 Å². The molecule has 26 heavy (non-hydrogen) atoms. The van der Waals surface area contributed by atoms with E-state index < -0.39 is 0 Å². The first-order chi connectivity index (χ1) is 11.8. The van der Waals surface area contributed by atoms with Crippen LogP contribution in [-0.4, -0.2) is 43.5 Å². The number of piperidine rings is 1. The van der Waals surface area contributed by atoms with E-state index in [1.165, 1.54) is 24.0 Å². The molecule has 2 aliphatic heterocycles. The summed E-state index contributed by atoms with van der Waals surface area (Å²) >= 11 is 0. The maximum Gasteiger partial charge on any atom is 0.220 e. The van der Waals surface area contributed by atoms with Crippen LogP contribution in [0.5, 0.6) is 0 Å². The number of amides is 1. The van der Waals surface area contributed by atoms with Gasteiger partial charge in [0, 0.05) is 32.6 Å². The lowest BCUT2D eigenvalue weighted by molar-refractivity contribution is -0.121. The minimum absolute atomic E-state index is 0. The number of nitrogens with one attached hydrogen (secondary N) is 2. The fraction of sp³-hybridized carbons (Fsp3) is 0.650. The highest BCUT2D eigenvalue weighted by Crippen LogP contribution is 2.19. The van der Waals surface area contributed by atoms with Crippen LogP contribution in [0.3, 0.4) is 0 Å². The summed E-state index contributed by atoms with van der Waals surface area (Å²) in [6.45, 7) is 6.31. The molecule has 1 saturated heterocycles. The third-order valence-electron chi connectivity index (χ3n) is 5.42. The van der Waals surface area contributed by atoms with Crippen molar-refractivity contribution in [2.24, 2.45) is 5.92 Å². The van der Waals surface area contributed by atoms with Gasteiger partial charge >= 0.3 is 0 Å². The lowest BCUT2D eigenvalue weighted by Crippen LogP contribution is -2.34. The number of hydrogen-bond acceptors (Lipinski definition) is 3. The summed E-state index contributed by atoms with van der Waals surface area (Å²) in [5.74, 6) is 0.975. The van der Waals surface area contributed by atoms with Crippen molar-refractivity contribution in [1.29, 1.82) is 0 Å². The van der Waals surface area contributed by atoms with Crippen LogP contribution in [0.4, 0.5) is 0 Å². The Morgan fingerprint density at radius 2 is 1.88 bits per heavy atom. The Kier molecular flexibility index (Phi) is 11.2. The molecule has 0 aliphatic carbocycles. The van der Waals surface area contributed by atoms with Crippen molar-refractivity contribution in [3.05, 3.63) is 35.4 Å². The Morgan fingerprint density at radius 3 is 2.65 bits per heavy atom. The molecule has 3 rings (SSSR count). The van der Waals surface area contributed by atoms with E-state index in [2.05, 4.69) is 39.8 Å². The fourth-order valence-corrected chi connectivity index (χ4v) is 3.87. The summed E-state index contributed by atoms with van der Waals surface area (Å²) in [4.78, 5) is 14.5. The number of hydrogen-bond donors (Lipinski definition) is 2. The highest BCUT2D eigenvalue weighted by molar-refractivity contribution is 5.85. The molecule has 2 N–H and O–H groups in total. The van der Waals surface area contributed by atoms with Crippen LogP contribution in [0.15, 0.2) is 24.3 Å². The molecule has 2 aliphatic rings. The monoisotopic (exact) mass is 401 g/mol. The van der Waals surface area contributed by atoms with Gasteiger partial charge in [-0.3, -0.25) is 9.69 Å². The minimum atomic E-state index is 0. The van der Waals surface area contributed by atoms with Crippen molar-refractivity contribution in [2.45, 2.75) is 45.1 Å². The molecule has 1 amide bonds. The van der Waals surface area contributed by atoms with Crippen LogP contribution < -0.4 is 10.6 Å². The van der Waals surface area contributed by atoms with Crippen LogP contribution in [0.25, 0.3) is 0 Å². The molecule has 0 saturated carbocycles. The van der Waals surface area contributed by atoms with Crippen LogP contribution in [-0.2, 0) is 17.8 Å². The largest absolute Gasteiger partial charge is 0.356 e. The topological polar surface area (TPSA) is 44.4 Å². The summed E-state index contributed by atoms with van der Waals surface area (Å²) < 4.78 is 0. The lowest BCUT2D eigenvalue weighted by atomic mass is 9.93. The van der Waals surface area contributed by atoms with Crippen LogP contribution in [0, 0.1) is 5.92 Å². The van der Waals surface area contributed by atoms with E-state index in [9.17, 15) is 4.79 Å². The standard InChI is InChI=1S/C20H31N3O.2ClH/c24-20(7-6-17-8-12-21-13-9-17)22-11-3-14-23-15-10-18-4-1-2-5-19(18)16-23;;/h1-2,4-5,17,21H,3,6-16H2,(H,22,24);2*1H. The first kappa shape index (κ1) is 23.2. The second-order valence-electron chi connectivity index (χ2n) is 7.23. The zero-order valence-electron chi connectivity index (χ0n) is 15.5. The van der Waals surface area contributed by atoms with Gasteiger partial charge in [-0.05, 0) is 62.2 Å². The van der Waals surface area contributed by atoms with E-state index in [4.69, 9.17) is 0 Å². The first-order valence-electron chi connectivity index (χ1n) is 9.58. The van der Waals surface area contributed by atoms with Crippen molar-refractivity contribution in [3.63, 3.8) is 0 Å². The molecule has 1 aromatic rings. The second kappa shape index (κ2) is 12.6. The van der Waals surface area contributed by atoms with E-state index in [1.807, 2.05) is 0 Å². The zero-order valence-corrected chi connectivity index (χ0v) is 17.2. The van der Waals surface area contributed by atoms with E-state index in [0.717, 1.165) is 64.4 Å². The van der Waals surface area contributed by atoms with Crippen molar-refractivity contribution >= 4 is 30.7 Å². The first-order valence-corrected chi connectivity index (χ1v) is 9.58. The maximum absolute atomic E-state index is 12.0. The van der Waals surface area contributed by atoms with Gasteiger partial charge in [0.2, 0.25) is 5.91 Å². The molecule has 148 valence electrons. The maximum atomic E-state index is 12.0. The van der Waals surface area contributed by atoms with Crippen molar-refractivity contribution in [2.75, 3.05) is 32.7 Å². The molecule has 0 aromatic heterocycles. The Hall–Kier alpha value is -0.810. The van der Waals surface area contributed by atoms with Gasteiger partial charge in [-0.25, -0.2) is 0 Å². The minimum Gasteiger partial charge on any atom is -0.356 e. The van der Waals surface area contributed by atoms with Crippen LogP contribution >= 0.6 is 24.8 Å². The number of rotatable bonds is 7. The number of nitrogens with zero attached hydrogens (tertiary/aromatic N) is 1. The van der Waals surface area contributed by atoms with E-state index >= 15 is 0 Å². The summed E-state index contributed by atoms with van der Waals surface area (Å²) in [6.07, 6.45) is 6.39. The highest BCUT2D eigenvalue weighted by Gasteiger charge is 2.16. The number of carbonyl (C=O) groups excluding carboxylic acids is 1. The Bertz CT molecular complexity index is 536. The molecule has 2 heterocycles. The molecule has 0 unspecified atom stereocenters. The van der Waals surface area contributed by atoms with Gasteiger partial charge in [0.1, 0.15) is 0 Å². The second-order valence-corrected chi connectivity index (χ2v) is 7.23.